The number of nitrogens with zero attached hydrogens (tertiary/aromatic N) is 1. The second-order valence-electron chi connectivity index (χ2n) is 7.23. The van der Waals surface area contributed by atoms with E-state index in [0.29, 0.717) is 5.92 Å². The first kappa shape index (κ1) is 17.4. The molecule has 0 amide bonds. The van der Waals surface area contributed by atoms with Crippen molar-refractivity contribution in [2.75, 3.05) is 0 Å². The van der Waals surface area contributed by atoms with E-state index >= 15 is 0 Å². The third-order valence-electron chi connectivity index (χ3n) is 5.78. The largest absolute Gasteiger partial charge is 0.312 e. The molecule has 0 spiro atoms. The van der Waals surface area contributed by atoms with Crippen LogP contribution in [0.3, 0.4) is 0 Å². The van der Waals surface area contributed by atoms with Crippen molar-refractivity contribution < 1.29 is 0 Å². The summed E-state index contributed by atoms with van der Waals surface area (Å²) in [5.74, 6) is 0.695. The van der Waals surface area contributed by atoms with Crippen LogP contribution in [0.25, 0.3) is 16.6 Å². The topological polar surface area (TPSA) is 4.93 Å². The van der Waals surface area contributed by atoms with Crippen LogP contribution in [0.4, 0.5) is 0 Å². The van der Waals surface area contributed by atoms with Crippen molar-refractivity contribution in [3.63, 3.8) is 0 Å². The first-order valence-electron chi connectivity index (χ1n) is 9.14. The zero-order valence-electron chi connectivity index (χ0n) is 14.8. The molecule has 3 heteroatoms. The van der Waals surface area contributed by atoms with E-state index in [1.165, 1.54) is 65.5 Å². The molecule has 1 nitrogen and oxygen atoms in total. The van der Waals surface area contributed by atoms with Gasteiger partial charge < -0.3 is 4.57 Å². The molecule has 1 aliphatic carbocycles. The maximum Gasteiger partial charge on any atom is 0.0615 e. The highest BCUT2D eigenvalue weighted by atomic mass is 79.9. The average Bonchev–Trinajstić information content (AvgIpc) is 2.89. The lowest BCUT2D eigenvalue weighted by molar-refractivity contribution is 0.443. The van der Waals surface area contributed by atoms with Crippen molar-refractivity contribution in [2.45, 2.75) is 51.9 Å². The normalized spacial score (nSPS) is 15.8. The first-order chi connectivity index (χ1) is 12.1. The Hall–Kier alpha value is -1.06. The van der Waals surface area contributed by atoms with Gasteiger partial charge in [-0.25, -0.2) is 0 Å². The van der Waals surface area contributed by atoms with Crippen LogP contribution in [0, 0.1) is 13.8 Å². The summed E-state index contributed by atoms with van der Waals surface area (Å²) in [5, 5.41) is 1.34. The standard InChI is InChI=1S/C22H23Br2N/c1-14-15(2)25(20-11-7-6-10-18(14)20)21-13-17(12-19(23)22(21)24)16-8-4-3-5-9-16/h6-7,10-13,16H,3-5,8-9H2,1-2H3. The lowest BCUT2D eigenvalue weighted by Crippen LogP contribution is -2.07. The van der Waals surface area contributed by atoms with Crippen LogP contribution in [0.15, 0.2) is 45.3 Å². The Morgan fingerprint density at radius 1 is 0.960 bits per heavy atom. The van der Waals surface area contributed by atoms with Crippen molar-refractivity contribution in [2.24, 2.45) is 0 Å². The van der Waals surface area contributed by atoms with Gasteiger partial charge in [-0.3, -0.25) is 0 Å². The number of fused-ring (bicyclic) bond motifs is 1. The summed E-state index contributed by atoms with van der Waals surface area (Å²) in [6.45, 7) is 4.45. The summed E-state index contributed by atoms with van der Waals surface area (Å²) >= 11 is 7.63. The quantitative estimate of drug-likeness (QED) is 0.367. The number of aryl methyl sites for hydroxylation is 1. The van der Waals surface area contributed by atoms with E-state index in [1.54, 1.807) is 0 Å². The molecule has 3 aromatic rings. The van der Waals surface area contributed by atoms with Crippen LogP contribution in [-0.2, 0) is 0 Å². The van der Waals surface area contributed by atoms with Crippen LogP contribution >= 0.6 is 31.9 Å². The van der Waals surface area contributed by atoms with Gasteiger partial charge in [0.2, 0.25) is 0 Å². The number of aromatic nitrogens is 1. The molecule has 25 heavy (non-hydrogen) atoms. The fourth-order valence-corrected chi connectivity index (χ4v) is 5.14. The Morgan fingerprint density at radius 3 is 2.44 bits per heavy atom. The summed E-state index contributed by atoms with van der Waals surface area (Å²) in [6, 6.07) is 13.4. The van der Waals surface area contributed by atoms with Gasteiger partial charge in [0.15, 0.2) is 0 Å². The first-order valence-corrected chi connectivity index (χ1v) is 10.7. The Kier molecular flexibility index (Phi) is 4.81. The van der Waals surface area contributed by atoms with Gasteiger partial charge in [-0.2, -0.15) is 0 Å². The van der Waals surface area contributed by atoms with Gasteiger partial charge in [0.1, 0.15) is 0 Å². The molecule has 0 saturated heterocycles. The molecule has 0 aliphatic heterocycles. The molecular weight excluding hydrogens is 438 g/mol. The van der Waals surface area contributed by atoms with Crippen molar-refractivity contribution in [1.82, 2.24) is 4.57 Å². The lowest BCUT2D eigenvalue weighted by atomic mass is 9.84. The second kappa shape index (κ2) is 6.92. The number of rotatable bonds is 2. The van der Waals surface area contributed by atoms with Gasteiger partial charge in [0.05, 0.1) is 15.7 Å². The van der Waals surface area contributed by atoms with Crippen LogP contribution in [0.1, 0.15) is 54.8 Å². The van der Waals surface area contributed by atoms with E-state index in [0.717, 1.165) is 8.95 Å². The van der Waals surface area contributed by atoms with Gasteiger partial charge >= 0.3 is 0 Å². The minimum Gasteiger partial charge on any atom is -0.312 e. The molecular formula is C22H23Br2N. The van der Waals surface area contributed by atoms with Gasteiger partial charge in [-0.05, 0) is 93.8 Å². The minimum absolute atomic E-state index is 0.695. The van der Waals surface area contributed by atoms with E-state index in [1.807, 2.05) is 0 Å². The Morgan fingerprint density at radius 2 is 1.68 bits per heavy atom. The summed E-state index contributed by atoms with van der Waals surface area (Å²) in [4.78, 5) is 0. The molecule has 1 aromatic heterocycles. The zero-order valence-corrected chi connectivity index (χ0v) is 18.0. The molecule has 0 bridgehead atoms. The van der Waals surface area contributed by atoms with Crippen LogP contribution < -0.4 is 0 Å². The zero-order chi connectivity index (χ0) is 17.6. The maximum absolute atomic E-state index is 3.84. The van der Waals surface area contributed by atoms with Crippen molar-refractivity contribution in [3.8, 4) is 5.69 Å². The number of benzene rings is 2. The highest BCUT2D eigenvalue weighted by Gasteiger charge is 2.20. The van der Waals surface area contributed by atoms with Gasteiger partial charge in [0.25, 0.3) is 0 Å². The third kappa shape index (κ3) is 3.00. The van der Waals surface area contributed by atoms with Crippen LogP contribution in [0.5, 0.6) is 0 Å². The van der Waals surface area contributed by atoms with E-state index in [2.05, 4.69) is 86.7 Å². The third-order valence-corrected chi connectivity index (χ3v) is 7.77. The smallest absolute Gasteiger partial charge is 0.0615 e. The molecule has 1 fully saturated rings. The summed E-state index contributed by atoms with van der Waals surface area (Å²) in [5.41, 5.74) is 6.68. The van der Waals surface area contributed by atoms with Crippen LogP contribution in [-0.4, -0.2) is 4.57 Å². The SMILES string of the molecule is Cc1c(C)n(-c2cc(C3CCCCC3)cc(Br)c2Br)c2ccccc12. The van der Waals surface area contributed by atoms with Crippen molar-refractivity contribution >= 4 is 42.8 Å². The second-order valence-corrected chi connectivity index (χ2v) is 8.88. The molecule has 1 heterocycles. The van der Waals surface area contributed by atoms with Crippen molar-refractivity contribution in [3.05, 3.63) is 62.2 Å². The summed E-state index contributed by atoms with van der Waals surface area (Å²) in [7, 11) is 0. The number of hydrogen-bond donors (Lipinski definition) is 0. The summed E-state index contributed by atoms with van der Waals surface area (Å²) < 4.78 is 4.70. The van der Waals surface area contributed by atoms with E-state index < -0.39 is 0 Å². The molecule has 0 unspecified atom stereocenters. The van der Waals surface area contributed by atoms with Crippen LogP contribution in [0.2, 0.25) is 0 Å². The maximum atomic E-state index is 3.84. The highest BCUT2D eigenvalue weighted by molar-refractivity contribution is 9.13. The van der Waals surface area contributed by atoms with Gasteiger partial charge in [0, 0.05) is 15.6 Å². The van der Waals surface area contributed by atoms with E-state index in [-0.39, 0.29) is 0 Å². The Labute approximate surface area is 166 Å². The monoisotopic (exact) mass is 459 g/mol. The minimum atomic E-state index is 0.695. The summed E-state index contributed by atoms with van der Waals surface area (Å²) in [6.07, 6.45) is 6.74. The molecule has 1 aliphatic rings. The Bertz CT molecular complexity index is 933. The Balaban J connectivity index is 1.94. The van der Waals surface area contributed by atoms with E-state index in [4.69, 9.17) is 0 Å². The highest BCUT2D eigenvalue weighted by Crippen LogP contribution is 2.40. The fourth-order valence-electron chi connectivity index (χ4n) is 4.27. The molecule has 0 radical (unpaired) electrons. The molecule has 2 aromatic carbocycles. The molecule has 0 atom stereocenters. The predicted molar refractivity (Wildman–Crippen MR) is 114 cm³/mol. The average molecular weight is 461 g/mol. The molecule has 4 rings (SSSR count). The molecule has 130 valence electrons. The molecule has 0 N–H and O–H groups in total. The van der Waals surface area contributed by atoms with E-state index in [9.17, 15) is 0 Å². The fraction of sp³-hybridized carbons (Fsp3) is 0.364. The van der Waals surface area contributed by atoms with Gasteiger partial charge in [-0.15, -0.1) is 0 Å². The van der Waals surface area contributed by atoms with Crippen molar-refractivity contribution in [1.29, 1.82) is 0 Å². The predicted octanol–water partition coefficient (Wildman–Crippen LogP) is 7.82. The lowest BCUT2D eigenvalue weighted by Gasteiger charge is -2.24. The number of para-hydroxylation sites is 1. The van der Waals surface area contributed by atoms with Gasteiger partial charge in [-0.1, -0.05) is 37.5 Å². The number of halogens is 2. The molecule has 1 saturated carbocycles. The number of hydrogen-bond acceptors (Lipinski definition) is 0.